The van der Waals surface area contributed by atoms with Crippen molar-refractivity contribution in [2.75, 3.05) is 24.5 Å². The molecule has 3 nitrogen and oxygen atoms in total. The van der Waals surface area contributed by atoms with Gasteiger partial charge in [0, 0.05) is 31.4 Å². The highest BCUT2D eigenvalue weighted by Gasteiger charge is 2.18. The van der Waals surface area contributed by atoms with Gasteiger partial charge in [0.05, 0.1) is 5.56 Å². The zero-order valence-electron chi connectivity index (χ0n) is 9.20. The summed E-state index contributed by atoms with van der Waals surface area (Å²) in [5, 5.41) is 11.9. The Hall–Kier alpha value is -1.60. The maximum Gasteiger partial charge on any atom is 0.143 e. The van der Waals surface area contributed by atoms with Gasteiger partial charge in [-0.15, -0.1) is 0 Å². The molecule has 0 bridgehead atoms. The number of nitrogens with zero attached hydrogens (tertiary/aromatic N) is 2. The second-order valence-electron chi connectivity index (χ2n) is 4.02. The molecule has 0 aliphatic carbocycles. The topological polar surface area (TPSA) is 39.1 Å². The SMILES string of the molecule is C[C@@H]1CNCCN1c1ccc(C#N)c(F)c1. The lowest BCUT2D eigenvalue weighted by atomic mass is 10.1. The van der Waals surface area contributed by atoms with Crippen LogP contribution < -0.4 is 10.2 Å². The number of rotatable bonds is 1. The molecule has 0 spiro atoms. The summed E-state index contributed by atoms with van der Waals surface area (Å²) >= 11 is 0. The molecule has 0 radical (unpaired) electrons. The molecular weight excluding hydrogens is 205 g/mol. The maximum absolute atomic E-state index is 13.5. The Morgan fingerprint density at radius 2 is 2.38 bits per heavy atom. The third-order valence-corrected chi connectivity index (χ3v) is 2.91. The van der Waals surface area contributed by atoms with Gasteiger partial charge in [-0.25, -0.2) is 4.39 Å². The number of nitrogens with one attached hydrogen (secondary N) is 1. The Kier molecular flexibility index (Phi) is 3.07. The second kappa shape index (κ2) is 4.50. The number of hydrogen-bond donors (Lipinski definition) is 1. The van der Waals surface area contributed by atoms with E-state index in [9.17, 15) is 4.39 Å². The highest BCUT2D eigenvalue weighted by Crippen LogP contribution is 2.21. The zero-order chi connectivity index (χ0) is 11.5. The number of halogens is 1. The molecule has 16 heavy (non-hydrogen) atoms. The summed E-state index contributed by atoms with van der Waals surface area (Å²) in [5.74, 6) is -0.439. The van der Waals surface area contributed by atoms with Crippen LogP contribution in [0.3, 0.4) is 0 Å². The molecule has 1 aromatic carbocycles. The monoisotopic (exact) mass is 219 g/mol. The van der Waals surface area contributed by atoms with Crippen LogP contribution in [0.4, 0.5) is 10.1 Å². The minimum atomic E-state index is -0.439. The van der Waals surface area contributed by atoms with Crippen molar-refractivity contribution >= 4 is 5.69 Å². The van der Waals surface area contributed by atoms with Crippen molar-refractivity contribution in [3.05, 3.63) is 29.6 Å². The number of anilines is 1. The number of piperazine rings is 1. The average molecular weight is 219 g/mol. The molecule has 1 fully saturated rings. The fraction of sp³-hybridized carbons (Fsp3) is 0.417. The largest absolute Gasteiger partial charge is 0.366 e. The molecule has 1 atom stereocenters. The molecule has 1 N–H and O–H groups in total. The molecule has 1 aliphatic rings. The average Bonchev–Trinajstić information content (AvgIpc) is 2.29. The van der Waals surface area contributed by atoms with E-state index in [1.807, 2.05) is 12.1 Å². The van der Waals surface area contributed by atoms with Gasteiger partial charge in [0.2, 0.25) is 0 Å². The highest BCUT2D eigenvalue weighted by molar-refractivity contribution is 5.51. The zero-order valence-corrected chi connectivity index (χ0v) is 9.20. The predicted octanol–water partition coefficient (Wildman–Crippen LogP) is 1.50. The first-order chi connectivity index (χ1) is 7.72. The molecule has 1 aliphatic heterocycles. The molecule has 1 aromatic rings. The summed E-state index contributed by atoms with van der Waals surface area (Å²) in [4.78, 5) is 2.15. The van der Waals surface area contributed by atoms with Crippen LogP contribution in [0.2, 0.25) is 0 Å². The summed E-state index contributed by atoms with van der Waals surface area (Å²) in [6.45, 7) is 4.78. The van der Waals surface area contributed by atoms with Crippen LogP contribution in [-0.2, 0) is 0 Å². The standard InChI is InChI=1S/C12H14FN3/c1-9-8-15-4-5-16(9)11-3-2-10(7-14)12(13)6-11/h2-3,6,9,15H,4-5,8H2,1H3/t9-/m1/s1. The Balaban J connectivity index is 2.27. The van der Waals surface area contributed by atoms with E-state index >= 15 is 0 Å². The first-order valence-corrected chi connectivity index (χ1v) is 5.39. The van der Waals surface area contributed by atoms with E-state index in [2.05, 4.69) is 17.1 Å². The van der Waals surface area contributed by atoms with Crippen LogP contribution in [0.15, 0.2) is 18.2 Å². The molecule has 1 saturated heterocycles. The van der Waals surface area contributed by atoms with E-state index in [1.54, 1.807) is 6.07 Å². The van der Waals surface area contributed by atoms with Crippen molar-refractivity contribution in [2.45, 2.75) is 13.0 Å². The minimum Gasteiger partial charge on any atom is -0.366 e. The quantitative estimate of drug-likeness (QED) is 0.778. The molecule has 0 aromatic heterocycles. The van der Waals surface area contributed by atoms with Crippen molar-refractivity contribution in [1.82, 2.24) is 5.32 Å². The third-order valence-electron chi connectivity index (χ3n) is 2.91. The van der Waals surface area contributed by atoms with E-state index in [0.717, 1.165) is 25.3 Å². The van der Waals surface area contributed by atoms with Gasteiger partial charge in [-0.3, -0.25) is 0 Å². The fourth-order valence-electron chi connectivity index (χ4n) is 2.00. The second-order valence-corrected chi connectivity index (χ2v) is 4.02. The molecule has 4 heteroatoms. The van der Waals surface area contributed by atoms with Gasteiger partial charge in [0.25, 0.3) is 0 Å². The van der Waals surface area contributed by atoms with Crippen LogP contribution in [0.1, 0.15) is 12.5 Å². The summed E-state index contributed by atoms with van der Waals surface area (Å²) in [6, 6.07) is 6.97. The molecular formula is C12H14FN3. The van der Waals surface area contributed by atoms with E-state index in [1.165, 1.54) is 6.07 Å². The lowest BCUT2D eigenvalue weighted by Crippen LogP contribution is -2.49. The summed E-state index contributed by atoms with van der Waals surface area (Å²) in [6.07, 6.45) is 0. The number of nitriles is 1. The van der Waals surface area contributed by atoms with Crippen molar-refractivity contribution in [3.63, 3.8) is 0 Å². The van der Waals surface area contributed by atoms with Gasteiger partial charge in [-0.05, 0) is 25.1 Å². The van der Waals surface area contributed by atoms with Gasteiger partial charge >= 0.3 is 0 Å². The first-order valence-electron chi connectivity index (χ1n) is 5.39. The van der Waals surface area contributed by atoms with Crippen LogP contribution >= 0.6 is 0 Å². The van der Waals surface area contributed by atoms with Gasteiger partial charge < -0.3 is 10.2 Å². The summed E-state index contributed by atoms with van der Waals surface area (Å²) in [5.41, 5.74) is 0.956. The lowest BCUT2D eigenvalue weighted by Gasteiger charge is -2.35. The molecule has 0 unspecified atom stereocenters. The van der Waals surface area contributed by atoms with Gasteiger partial charge in [0.1, 0.15) is 11.9 Å². The summed E-state index contributed by atoms with van der Waals surface area (Å²) in [7, 11) is 0. The van der Waals surface area contributed by atoms with E-state index in [0.29, 0.717) is 6.04 Å². The Morgan fingerprint density at radius 3 is 3.00 bits per heavy atom. The normalized spacial score (nSPS) is 20.6. The maximum atomic E-state index is 13.5. The molecule has 84 valence electrons. The Bertz CT molecular complexity index is 425. The van der Waals surface area contributed by atoms with Crippen molar-refractivity contribution in [1.29, 1.82) is 5.26 Å². The van der Waals surface area contributed by atoms with E-state index in [-0.39, 0.29) is 5.56 Å². The fourth-order valence-corrected chi connectivity index (χ4v) is 2.00. The van der Waals surface area contributed by atoms with E-state index in [4.69, 9.17) is 5.26 Å². The van der Waals surface area contributed by atoms with Gasteiger partial charge in [0.15, 0.2) is 0 Å². The minimum absolute atomic E-state index is 0.103. The van der Waals surface area contributed by atoms with Crippen LogP contribution in [0.5, 0.6) is 0 Å². The Morgan fingerprint density at radius 1 is 1.56 bits per heavy atom. The smallest absolute Gasteiger partial charge is 0.143 e. The van der Waals surface area contributed by atoms with E-state index < -0.39 is 5.82 Å². The number of hydrogen-bond acceptors (Lipinski definition) is 3. The van der Waals surface area contributed by atoms with Crippen molar-refractivity contribution < 1.29 is 4.39 Å². The van der Waals surface area contributed by atoms with Gasteiger partial charge in [-0.2, -0.15) is 5.26 Å². The predicted molar refractivity (Wildman–Crippen MR) is 60.8 cm³/mol. The van der Waals surface area contributed by atoms with Crippen LogP contribution in [-0.4, -0.2) is 25.7 Å². The summed E-state index contributed by atoms with van der Waals surface area (Å²) < 4.78 is 13.5. The van der Waals surface area contributed by atoms with Gasteiger partial charge in [-0.1, -0.05) is 0 Å². The first kappa shape index (κ1) is 10.9. The number of benzene rings is 1. The van der Waals surface area contributed by atoms with Crippen molar-refractivity contribution in [2.24, 2.45) is 0 Å². The third kappa shape index (κ3) is 2.00. The van der Waals surface area contributed by atoms with Crippen molar-refractivity contribution in [3.8, 4) is 6.07 Å². The lowest BCUT2D eigenvalue weighted by molar-refractivity contribution is 0.499. The highest BCUT2D eigenvalue weighted by atomic mass is 19.1. The van der Waals surface area contributed by atoms with Crippen LogP contribution in [0.25, 0.3) is 0 Å². The molecule has 1 heterocycles. The molecule has 0 saturated carbocycles. The van der Waals surface area contributed by atoms with Crippen LogP contribution in [0, 0.1) is 17.1 Å². The Labute approximate surface area is 94.5 Å². The molecule has 2 rings (SSSR count). The molecule has 0 amide bonds.